The predicted molar refractivity (Wildman–Crippen MR) is 93.8 cm³/mol. The van der Waals surface area contributed by atoms with Gasteiger partial charge in [-0.1, -0.05) is 12.1 Å². The zero-order chi connectivity index (χ0) is 17.2. The van der Waals surface area contributed by atoms with Gasteiger partial charge in [0.15, 0.2) is 5.58 Å². The van der Waals surface area contributed by atoms with E-state index in [4.69, 9.17) is 9.68 Å². The van der Waals surface area contributed by atoms with Crippen LogP contribution in [-0.2, 0) is 6.54 Å². The molecule has 0 unspecified atom stereocenters. The summed E-state index contributed by atoms with van der Waals surface area (Å²) in [5.41, 5.74) is 3.33. The Morgan fingerprint density at radius 3 is 2.88 bits per heavy atom. The van der Waals surface area contributed by atoms with Gasteiger partial charge in [-0.25, -0.2) is 0 Å². The first-order valence-corrected chi connectivity index (χ1v) is 7.78. The van der Waals surface area contributed by atoms with E-state index in [0.29, 0.717) is 28.8 Å². The maximum atomic E-state index is 12.4. The number of hydrogen-bond donors (Lipinski definition) is 1. The fourth-order valence-corrected chi connectivity index (χ4v) is 2.81. The Labute approximate surface area is 143 Å². The summed E-state index contributed by atoms with van der Waals surface area (Å²) in [5, 5.41) is 13.7. The van der Waals surface area contributed by atoms with Crippen molar-refractivity contribution >= 4 is 27.8 Å². The van der Waals surface area contributed by atoms with E-state index in [-0.39, 0.29) is 5.91 Å². The van der Waals surface area contributed by atoms with Crippen molar-refractivity contribution in [2.75, 3.05) is 0 Å². The number of amides is 1. The van der Waals surface area contributed by atoms with Gasteiger partial charge in [0.05, 0.1) is 17.8 Å². The molecule has 0 spiro atoms. The van der Waals surface area contributed by atoms with Crippen LogP contribution in [-0.4, -0.2) is 10.9 Å². The van der Waals surface area contributed by atoms with Gasteiger partial charge < -0.3 is 9.73 Å². The van der Waals surface area contributed by atoms with Crippen LogP contribution in [0.3, 0.4) is 0 Å². The van der Waals surface area contributed by atoms with E-state index in [0.717, 1.165) is 16.3 Å². The van der Waals surface area contributed by atoms with Crippen LogP contribution in [0.15, 0.2) is 65.3 Å². The van der Waals surface area contributed by atoms with Gasteiger partial charge in [-0.05, 0) is 42.0 Å². The molecule has 2 aromatic heterocycles. The number of carbonyl (C=O) groups excluding carboxylic acids is 1. The molecular weight excluding hydrogens is 314 g/mol. The highest BCUT2D eigenvalue weighted by atomic mass is 16.3. The molecule has 0 bridgehead atoms. The second kappa shape index (κ2) is 6.10. The first-order valence-electron chi connectivity index (χ1n) is 7.78. The van der Waals surface area contributed by atoms with E-state index >= 15 is 0 Å². The Morgan fingerprint density at radius 2 is 2.00 bits per heavy atom. The second-order valence-corrected chi connectivity index (χ2v) is 5.68. The van der Waals surface area contributed by atoms with Crippen molar-refractivity contribution in [2.24, 2.45) is 0 Å². The van der Waals surface area contributed by atoms with Gasteiger partial charge in [-0.3, -0.25) is 9.78 Å². The summed E-state index contributed by atoms with van der Waals surface area (Å²) in [6.45, 7) is 0.358. The molecule has 5 heteroatoms. The maximum absolute atomic E-state index is 12.4. The Bertz CT molecular complexity index is 1140. The van der Waals surface area contributed by atoms with Crippen LogP contribution < -0.4 is 5.32 Å². The number of rotatable bonds is 3. The van der Waals surface area contributed by atoms with Crippen molar-refractivity contribution < 1.29 is 9.21 Å². The minimum absolute atomic E-state index is 0.192. The van der Waals surface area contributed by atoms with Gasteiger partial charge >= 0.3 is 0 Å². The van der Waals surface area contributed by atoms with Crippen molar-refractivity contribution in [3.63, 3.8) is 0 Å². The van der Waals surface area contributed by atoms with E-state index in [1.165, 1.54) is 0 Å². The van der Waals surface area contributed by atoms with E-state index in [1.807, 2.05) is 18.2 Å². The van der Waals surface area contributed by atoms with Crippen LogP contribution in [0, 0.1) is 11.3 Å². The fraction of sp³-hybridized carbons (Fsp3) is 0.0500. The molecule has 2 aromatic carbocycles. The van der Waals surface area contributed by atoms with Gasteiger partial charge in [0.2, 0.25) is 0 Å². The van der Waals surface area contributed by atoms with Gasteiger partial charge in [0.1, 0.15) is 5.58 Å². The Hall–Kier alpha value is -3.65. The number of nitrogens with zero attached hydrogens (tertiary/aromatic N) is 2. The molecule has 0 fully saturated rings. The molecule has 2 heterocycles. The summed E-state index contributed by atoms with van der Waals surface area (Å²) in [6, 6.07) is 16.5. The topological polar surface area (TPSA) is 78.9 Å². The van der Waals surface area contributed by atoms with E-state index in [1.54, 1.807) is 42.7 Å². The highest BCUT2D eigenvalue weighted by Gasteiger charge is 2.11. The van der Waals surface area contributed by atoms with E-state index < -0.39 is 0 Å². The van der Waals surface area contributed by atoms with Crippen molar-refractivity contribution in [3.8, 4) is 6.07 Å². The fourth-order valence-electron chi connectivity index (χ4n) is 2.81. The molecular formula is C20H13N3O2. The molecule has 120 valence electrons. The molecule has 4 rings (SSSR count). The molecule has 1 amide bonds. The van der Waals surface area contributed by atoms with E-state index in [2.05, 4.69) is 16.4 Å². The molecule has 0 atom stereocenters. The summed E-state index contributed by atoms with van der Waals surface area (Å²) in [4.78, 5) is 16.4. The lowest BCUT2D eigenvalue weighted by Gasteiger charge is -2.06. The van der Waals surface area contributed by atoms with Gasteiger partial charge in [0.25, 0.3) is 5.91 Å². The molecule has 25 heavy (non-hydrogen) atoms. The van der Waals surface area contributed by atoms with Crippen molar-refractivity contribution in [3.05, 3.63) is 77.6 Å². The Balaban J connectivity index is 1.57. The normalized spacial score (nSPS) is 10.7. The van der Waals surface area contributed by atoms with Crippen LogP contribution in [0.25, 0.3) is 21.9 Å². The third-order valence-corrected chi connectivity index (χ3v) is 4.05. The summed E-state index contributed by atoms with van der Waals surface area (Å²) in [5.74, 6) is -0.192. The van der Waals surface area contributed by atoms with Crippen molar-refractivity contribution in [2.45, 2.75) is 6.54 Å². The standard InChI is InChI=1S/C20H13N3O2/c21-10-13-2-1-3-14(8-13)11-23-20(24)15-4-5-16-17-6-7-22-12-19(17)25-18(16)9-15/h1-9,12H,11H2,(H,23,24). The number of furan rings is 1. The monoisotopic (exact) mass is 327 g/mol. The summed E-state index contributed by atoms with van der Waals surface area (Å²) < 4.78 is 5.76. The largest absolute Gasteiger partial charge is 0.454 e. The molecule has 0 aliphatic rings. The highest BCUT2D eigenvalue weighted by molar-refractivity contribution is 6.07. The Morgan fingerprint density at radius 1 is 1.12 bits per heavy atom. The third kappa shape index (κ3) is 2.81. The number of nitrogens with one attached hydrogen (secondary N) is 1. The first-order chi connectivity index (χ1) is 12.2. The second-order valence-electron chi connectivity index (χ2n) is 5.68. The minimum Gasteiger partial charge on any atom is -0.454 e. The average Bonchev–Trinajstić information content (AvgIpc) is 3.04. The summed E-state index contributed by atoms with van der Waals surface area (Å²) >= 11 is 0. The number of aromatic nitrogens is 1. The average molecular weight is 327 g/mol. The maximum Gasteiger partial charge on any atom is 0.251 e. The van der Waals surface area contributed by atoms with Crippen LogP contribution >= 0.6 is 0 Å². The number of nitriles is 1. The zero-order valence-electron chi connectivity index (χ0n) is 13.2. The molecule has 0 saturated heterocycles. The van der Waals surface area contributed by atoms with Crippen LogP contribution in [0.5, 0.6) is 0 Å². The van der Waals surface area contributed by atoms with Crippen LogP contribution in [0.1, 0.15) is 21.5 Å². The molecule has 0 aliphatic heterocycles. The van der Waals surface area contributed by atoms with Gasteiger partial charge in [-0.15, -0.1) is 0 Å². The van der Waals surface area contributed by atoms with Crippen LogP contribution in [0.4, 0.5) is 0 Å². The smallest absolute Gasteiger partial charge is 0.251 e. The Kier molecular flexibility index (Phi) is 3.64. The molecule has 0 aliphatic carbocycles. The lowest BCUT2D eigenvalue weighted by Crippen LogP contribution is -2.22. The molecule has 1 N–H and O–H groups in total. The lowest BCUT2D eigenvalue weighted by atomic mass is 10.1. The minimum atomic E-state index is -0.192. The van der Waals surface area contributed by atoms with E-state index in [9.17, 15) is 4.79 Å². The molecule has 5 nitrogen and oxygen atoms in total. The van der Waals surface area contributed by atoms with Gasteiger partial charge in [0, 0.05) is 29.1 Å². The quantitative estimate of drug-likeness (QED) is 0.621. The number of carbonyl (C=O) groups is 1. The first kappa shape index (κ1) is 14.9. The highest BCUT2D eigenvalue weighted by Crippen LogP contribution is 2.28. The number of benzene rings is 2. The molecule has 4 aromatic rings. The molecule has 0 saturated carbocycles. The molecule has 0 radical (unpaired) electrons. The van der Waals surface area contributed by atoms with Crippen LogP contribution in [0.2, 0.25) is 0 Å². The predicted octanol–water partition coefficient (Wildman–Crippen LogP) is 3.78. The van der Waals surface area contributed by atoms with Crippen molar-refractivity contribution in [1.82, 2.24) is 10.3 Å². The lowest BCUT2D eigenvalue weighted by molar-refractivity contribution is 0.0951. The number of pyridine rings is 1. The number of hydrogen-bond acceptors (Lipinski definition) is 4. The SMILES string of the molecule is N#Cc1cccc(CNC(=O)c2ccc3c(c2)oc2cnccc23)c1. The third-order valence-electron chi connectivity index (χ3n) is 4.05. The summed E-state index contributed by atoms with van der Waals surface area (Å²) in [6.07, 6.45) is 3.38. The van der Waals surface area contributed by atoms with Crippen molar-refractivity contribution in [1.29, 1.82) is 5.26 Å². The zero-order valence-corrected chi connectivity index (χ0v) is 13.2. The van der Waals surface area contributed by atoms with Gasteiger partial charge in [-0.2, -0.15) is 5.26 Å². The number of fused-ring (bicyclic) bond motifs is 3. The summed E-state index contributed by atoms with van der Waals surface area (Å²) in [7, 11) is 0.